The van der Waals surface area contributed by atoms with Crippen molar-refractivity contribution in [2.75, 3.05) is 0 Å². The van der Waals surface area contributed by atoms with E-state index in [-0.39, 0.29) is 0 Å². The van der Waals surface area contributed by atoms with Crippen molar-refractivity contribution in [3.8, 4) is 0 Å². The van der Waals surface area contributed by atoms with Crippen molar-refractivity contribution < 1.29 is 0 Å². The Morgan fingerprint density at radius 3 is 2.60 bits per heavy atom. The summed E-state index contributed by atoms with van der Waals surface area (Å²) < 4.78 is 0. The van der Waals surface area contributed by atoms with Gasteiger partial charge in [0.1, 0.15) is 0 Å². The average Bonchev–Trinajstić information content (AvgIpc) is 1.89. The molecule has 0 bridgehead atoms. The van der Waals surface area contributed by atoms with Crippen LogP contribution in [0.4, 0.5) is 0 Å². The quantitative estimate of drug-likeness (QED) is 0.409. The minimum absolute atomic E-state index is 0.933. The van der Waals surface area contributed by atoms with Crippen LogP contribution in [0.15, 0.2) is 49.1 Å². The molecule has 0 aliphatic rings. The highest BCUT2D eigenvalue weighted by molar-refractivity contribution is 5.20. The fourth-order valence-electron chi connectivity index (χ4n) is 0.592. The van der Waals surface area contributed by atoms with E-state index in [9.17, 15) is 0 Å². The lowest BCUT2D eigenvalue weighted by atomic mass is 10.2. The molecule has 0 N–H and O–H groups in total. The van der Waals surface area contributed by atoms with Crippen LogP contribution in [0.5, 0.6) is 0 Å². The van der Waals surface area contributed by atoms with Crippen LogP contribution < -0.4 is 0 Å². The van der Waals surface area contributed by atoms with Gasteiger partial charge in [0.25, 0.3) is 0 Å². The molecule has 0 spiro atoms. The lowest BCUT2D eigenvalue weighted by Crippen LogP contribution is -1.64. The van der Waals surface area contributed by atoms with Crippen molar-refractivity contribution in [3.05, 3.63) is 49.1 Å². The second-order valence-corrected chi connectivity index (χ2v) is 2.07. The number of hydrogen-bond donors (Lipinski definition) is 0. The molecular weight excluding hydrogens is 120 g/mol. The largest absolute Gasteiger partial charge is 0.103 e. The zero-order valence-electron chi connectivity index (χ0n) is 6.51. The SMILES string of the molecule is C=C/C=C(C)\C=C/CC=C. The Morgan fingerprint density at radius 2 is 2.10 bits per heavy atom. The molecule has 0 aromatic carbocycles. The normalized spacial score (nSPS) is 11.9. The van der Waals surface area contributed by atoms with Crippen LogP contribution in [0.2, 0.25) is 0 Å². The van der Waals surface area contributed by atoms with E-state index in [0.29, 0.717) is 0 Å². The molecule has 0 aliphatic carbocycles. The van der Waals surface area contributed by atoms with Gasteiger partial charge in [-0.3, -0.25) is 0 Å². The van der Waals surface area contributed by atoms with E-state index in [1.54, 1.807) is 6.08 Å². The monoisotopic (exact) mass is 134 g/mol. The van der Waals surface area contributed by atoms with Crippen LogP contribution >= 0.6 is 0 Å². The molecule has 0 nitrogen and oxygen atoms in total. The summed E-state index contributed by atoms with van der Waals surface area (Å²) in [5.74, 6) is 0. The zero-order chi connectivity index (χ0) is 7.82. The molecule has 0 atom stereocenters. The van der Waals surface area contributed by atoms with Crippen LogP contribution in [0.25, 0.3) is 0 Å². The molecule has 0 aliphatic heterocycles. The molecule has 54 valence electrons. The highest BCUT2D eigenvalue weighted by atomic mass is 13.8. The van der Waals surface area contributed by atoms with Crippen molar-refractivity contribution in [1.82, 2.24) is 0 Å². The van der Waals surface area contributed by atoms with E-state index in [0.717, 1.165) is 6.42 Å². The molecule has 0 heteroatoms. The number of hydrogen-bond acceptors (Lipinski definition) is 0. The third-order valence-electron chi connectivity index (χ3n) is 1.06. The second-order valence-electron chi connectivity index (χ2n) is 2.07. The van der Waals surface area contributed by atoms with Crippen LogP contribution in [0.3, 0.4) is 0 Å². The van der Waals surface area contributed by atoms with Gasteiger partial charge < -0.3 is 0 Å². The minimum Gasteiger partial charge on any atom is -0.103 e. The van der Waals surface area contributed by atoms with Gasteiger partial charge in [-0.15, -0.1) is 6.58 Å². The zero-order valence-corrected chi connectivity index (χ0v) is 6.51. The van der Waals surface area contributed by atoms with Crippen LogP contribution in [0, 0.1) is 0 Å². The molecule has 0 radical (unpaired) electrons. The molecule has 0 saturated carbocycles. The molecule has 0 unspecified atom stereocenters. The van der Waals surface area contributed by atoms with E-state index >= 15 is 0 Å². The summed E-state index contributed by atoms with van der Waals surface area (Å²) in [5.41, 5.74) is 1.22. The summed E-state index contributed by atoms with van der Waals surface area (Å²) in [6.07, 6.45) is 10.7. The maximum Gasteiger partial charge on any atom is -0.0169 e. The molecule has 0 rings (SSSR count). The van der Waals surface area contributed by atoms with Crippen molar-refractivity contribution >= 4 is 0 Å². The van der Waals surface area contributed by atoms with Gasteiger partial charge in [-0.1, -0.05) is 42.5 Å². The summed E-state index contributed by atoms with van der Waals surface area (Å²) >= 11 is 0. The minimum atomic E-state index is 0.933. The Kier molecular flexibility index (Phi) is 5.45. The van der Waals surface area contributed by atoms with Crippen LogP contribution in [-0.4, -0.2) is 0 Å². The Balaban J connectivity index is 3.75. The molecule has 0 saturated heterocycles. The predicted octanol–water partition coefficient (Wildman–Crippen LogP) is 3.25. The van der Waals surface area contributed by atoms with Gasteiger partial charge in [-0.25, -0.2) is 0 Å². The first kappa shape index (κ1) is 8.96. The van der Waals surface area contributed by atoms with Gasteiger partial charge in [-0.05, 0) is 13.3 Å². The smallest absolute Gasteiger partial charge is 0.0169 e. The molecule has 0 amide bonds. The Morgan fingerprint density at radius 1 is 1.40 bits per heavy atom. The Hall–Kier alpha value is -1.04. The lowest BCUT2D eigenvalue weighted by molar-refractivity contribution is 1.38. The van der Waals surface area contributed by atoms with Crippen molar-refractivity contribution in [2.24, 2.45) is 0 Å². The average molecular weight is 134 g/mol. The summed E-state index contributed by atoms with van der Waals surface area (Å²) in [7, 11) is 0. The first-order valence-corrected chi connectivity index (χ1v) is 3.38. The fraction of sp³-hybridized carbons (Fsp3) is 0.200. The van der Waals surface area contributed by atoms with Crippen molar-refractivity contribution in [2.45, 2.75) is 13.3 Å². The van der Waals surface area contributed by atoms with E-state index in [1.807, 2.05) is 19.1 Å². The number of rotatable bonds is 4. The first-order chi connectivity index (χ1) is 4.81. The van der Waals surface area contributed by atoms with Crippen LogP contribution in [-0.2, 0) is 0 Å². The third kappa shape index (κ3) is 5.10. The van der Waals surface area contributed by atoms with E-state index < -0.39 is 0 Å². The molecule has 0 aromatic heterocycles. The van der Waals surface area contributed by atoms with Gasteiger partial charge >= 0.3 is 0 Å². The summed E-state index contributed by atoms with van der Waals surface area (Å²) in [4.78, 5) is 0. The molecule has 0 fully saturated rings. The van der Waals surface area contributed by atoms with Gasteiger partial charge in [0.2, 0.25) is 0 Å². The maximum absolute atomic E-state index is 3.61. The van der Waals surface area contributed by atoms with Gasteiger partial charge in [0, 0.05) is 0 Å². The van der Waals surface area contributed by atoms with E-state index in [2.05, 4.69) is 25.3 Å². The van der Waals surface area contributed by atoms with Crippen molar-refractivity contribution in [1.29, 1.82) is 0 Å². The van der Waals surface area contributed by atoms with Crippen molar-refractivity contribution in [3.63, 3.8) is 0 Å². The lowest BCUT2D eigenvalue weighted by Gasteiger charge is -1.85. The van der Waals surface area contributed by atoms with Crippen LogP contribution in [0.1, 0.15) is 13.3 Å². The highest BCUT2D eigenvalue weighted by Crippen LogP contribution is 1.95. The maximum atomic E-state index is 3.61. The predicted molar refractivity (Wildman–Crippen MR) is 47.9 cm³/mol. The highest BCUT2D eigenvalue weighted by Gasteiger charge is 1.74. The standard InChI is InChI=1S/C10H14/c1-4-6-7-9-10(3)8-5-2/h4-5,7-9H,1-2,6H2,3H3/b9-7-,10-8-. The molecule has 0 heterocycles. The Bertz CT molecular complexity index is 159. The molecule has 10 heavy (non-hydrogen) atoms. The Labute approximate surface area is 63.3 Å². The van der Waals surface area contributed by atoms with E-state index in [4.69, 9.17) is 0 Å². The van der Waals surface area contributed by atoms with Gasteiger partial charge in [0.15, 0.2) is 0 Å². The number of allylic oxidation sites excluding steroid dienone is 6. The summed E-state index contributed by atoms with van der Waals surface area (Å²) in [6, 6.07) is 0. The van der Waals surface area contributed by atoms with Gasteiger partial charge in [0.05, 0.1) is 0 Å². The van der Waals surface area contributed by atoms with Gasteiger partial charge in [-0.2, -0.15) is 0 Å². The molecule has 0 aromatic rings. The fourth-order valence-corrected chi connectivity index (χ4v) is 0.592. The second kappa shape index (κ2) is 6.09. The summed E-state index contributed by atoms with van der Waals surface area (Å²) in [6.45, 7) is 9.25. The molecular formula is C10H14. The summed E-state index contributed by atoms with van der Waals surface area (Å²) in [5, 5.41) is 0. The van der Waals surface area contributed by atoms with E-state index in [1.165, 1.54) is 5.57 Å². The topological polar surface area (TPSA) is 0 Å². The third-order valence-corrected chi connectivity index (χ3v) is 1.06. The first-order valence-electron chi connectivity index (χ1n) is 3.38.